The molecule has 1 saturated heterocycles. The Labute approximate surface area is 202 Å². The van der Waals surface area contributed by atoms with Crippen LogP contribution in [0.25, 0.3) is 11.0 Å². The Morgan fingerprint density at radius 1 is 1.41 bits per heavy atom. The van der Waals surface area contributed by atoms with Crippen LogP contribution in [0.4, 0.5) is 5.82 Å². The summed E-state index contributed by atoms with van der Waals surface area (Å²) < 4.78 is 18.5. The van der Waals surface area contributed by atoms with Gasteiger partial charge in [-0.1, -0.05) is 30.7 Å². The van der Waals surface area contributed by atoms with Crippen molar-refractivity contribution in [2.75, 3.05) is 18.9 Å². The van der Waals surface area contributed by atoms with E-state index in [0.717, 1.165) is 11.5 Å². The lowest BCUT2D eigenvalue weighted by molar-refractivity contribution is -0.173. The van der Waals surface area contributed by atoms with E-state index < -0.39 is 32.5 Å². The number of hydrogen-bond donors (Lipinski definition) is 2. The third-order valence-electron chi connectivity index (χ3n) is 5.80. The van der Waals surface area contributed by atoms with Crippen molar-refractivity contribution in [3.05, 3.63) is 53.4 Å². The van der Waals surface area contributed by atoms with E-state index in [9.17, 15) is 10.00 Å². The van der Waals surface area contributed by atoms with Gasteiger partial charge in [-0.15, -0.1) is 0 Å². The van der Waals surface area contributed by atoms with Crippen molar-refractivity contribution in [1.29, 1.82) is 0 Å². The van der Waals surface area contributed by atoms with Gasteiger partial charge in [0, 0.05) is 22.7 Å². The first-order valence-corrected chi connectivity index (χ1v) is 12.4. The number of hydrogen-bond acceptors (Lipinski definition) is 8. The molecule has 12 heteroatoms. The fourth-order valence-electron chi connectivity index (χ4n) is 3.92. The van der Waals surface area contributed by atoms with Crippen LogP contribution in [0.2, 0.25) is 5.02 Å². The van der Waals surface area contributed by atoms with Crippen molar-refractivity contribution >= 4 is 42.4 Å². The Morgan fingerprint density at radius 3 is 3.03 bits per heavy atom. The summed E-state index contributed by atoms with van der Waals surface area (Å²) in [5.74, 6) is 1.23. The lowest BCUT2D eigenvalue weighted by atomic mass is 10.0. The molecule has 1 unspecified atom stereocenters. The van der Waals surface area contributed by atoms with Crippen molar-refractivity contribution in [3.8, 4) is 0 Å². The molecule has 0 radical (unpaired) electrons. The van der Waals surface area contributed by atoms with Crippen LogP contribution < -0.4 is 10.6 Å². The van der Waals surface area contributed by atoms with Gasteiger partial charge in [0.2, 0.25) is 14.0 Å². The van der Waals surface area contributed by atoms with Crippen molar-refractivity contribution in [3.63, 3.8) is 0 Å². The normalized spacial score (nSPS) is 24.1. The summed E-state index contributed by atoms with van der Waals surface area (Å²) in [5.41, 5.74) is 7.29. The van der Waals surface area contributed by atoms with Crippen molar-refractivity contribution in [2.24, 2.45) is 5.92 Å². The number of ether oxygens (including phenoxy) is 2. The molecule has 6 atom stereocenters. The highest BCUT2D eigenvalue weighted by molar-refractivity contribution is 7.44. The second-order valence-electron chi connectivity index (χ2n) is 8.09. The molecule has 0 amide bonds. The van der Waals surface area contributed by atoms with Gasteiger partial charge in [0.1, 0.15) is 36.7 Å². The first-order valence-electron chi connectivity index (χ1n) is 10.8. The first-order chi connectivity index (χ1) is 16.3. The fraction of sp³-hybridized carbons (Fsp3) is 0.409. The van der Waals surface area contributed by atoms with Crippen molar-refractivity contribution in [2.45, 2.75) is 37.9 Å². The van der Waals surface area contributed by atoms with Crippen LogP contribution in [0.1, 0.15) is 31.2 Å². The number of aliphatic hydroxyl groups is 1. The molecule has 0 bridgehead atoms. The SMILES string of the molecule is C[C@H]1[C@H](O)[C@@H](COC=[P+]([O-])OCC[C@H]([OH2+])c2cccc(Cl)c2)O[C@H]1n1ccc2c(N)ncnc21. The maximum Gasteiger partial charge on any atom is 0.247 e. The van der Waals surface area contributed by atoms with Crippen LogP contribution in [-0.4, -0.2) is 56.2 Å². The Balaban J connectivity index is 1.27. The van der Waals surface area contributed by atoms with E-state index >= 15 is 0 Å². The minimum absolute atomic E-state index is 0.00630. The molecule has 0 spiro atoms. The van der Waals surface area contributed by atoms with E-state index in [1.54, 1.807) is 30.5 Å². The second kappa shape index (κ2) is 11.1. The lowest BCUT2D eigenvalue weighted by Gasteiger charge is -2.18. The van der Waals surface area contributed by atoms with Gasteiger partial charge in [-0.05, 0) is 18.2 Å². The van der Waals surface area contributed by atoms with E-state index in [2.05, 4.69) is 9.97 Å². The summed E-state index contributed by atoms with van der Waals surface area (Å²) in [6, 6.07) is 8.89. The maximum absolute atomic E-state index is 12.1. The largest absolute Gasteiger partial charge is 0.601 e. The number of anilines is 1. The molecule has 182 valence electrons. The summed E-state index contributed by atoms with van der Waals surface area (Å²) in [7, 11) is -2.19. The molecule has 3 aromatic rings. The number of rotatable bonds is 9. The van der Waals surface area contributed by atoms with E-state index in [4.69, 9.17) is 36.4 Å². The summed E-state index contributed by atoms with van der Waals surface area (Å²) in [6.45, 7) is 2.01. The average Bonchev–Trinajstić information content (AvgIpc) is 3.36. The highest BCUT2D eigenvalue weighted by Gasteiger charge is 2.42. The number of nitrogen functional groups attached to an aromatic ring is 1. The van der Waals surface area contributed by atoms with Gasteiger partial charge >= 0.3 is 0 Å². The van der Waals surface area contributed by atoms with Gasteiger partial charge in [0.25, 0.3) is 0 Å². The summed E-state index contributed by atoms with van der Waals surface area (Å²) in [6.07, 6.45) is 1.11. The summed E-state index contributed by atoms with van der Waals surface area (Å²) >= 11 is 5.95. The zero-order valence-electron chi connectivity index (χ0n) is 18.5. The quantitative estimate of drug-likeness (QED) is 0.328. The fourth-order valence-corrected chi connectivity index (χ4v) is 4.68. The molecule has 34 heavy (non-hydrogen) atoms. The van der Waals surface area contributed by atoms with Gasteiger partial charge < -0.3 is 34.9 Å². The average molecular weight is 510 g/mol. The Kier molecular flexibility index (Phi) is 8.13. The van der Waals surface area contributed by atoms with E-state index in [-0.39, 0.29) is 19.1 Å². The van der Waals surface area contributed by atoms with Gasteiger partial charge in [-0.2, -0.15) is 4.52 Å². The number of nitrogens with two attached hydrogens (primary N) is 1. The number of halogens is 1. The van der Waals surface area contributed by atoms with Crippen LogP contribution in [0.15, 0.2) is 42.9 Å². The molecule has 4 rings (SSSR count). The van der Waals surface area contributed by atoms with Gasteiger partial charge in [0.15, 0.2) is 6.10 Å². The highest BCUT2D eigenvalue weighted by Crippen LogP contribution is 2.37. The van der Waals surface area contributed by atoms with Gasteiger partial charge in [-0.3, -0.25) is 0 Å². The van der Waals surface area contributed by atoms with Crippen LogP contribution in [0, 0.1) is 5.92 Å². The Bertz CT molecular complexity index is 1160. The third kappa shape index (κ3) is 5.56. The van der Waals surface area contributed by atoms with Crippen LogP contribution in [-0.2, 0) is 14.0 Å². The predicted molar refractivity (Wildman–Crippen MR) is 128 cm³/mol. The molecule has 5 N–H and O–H groups in total. The Morgan fingerprint density at radius 2 is 2.24 bits per heavy atom. The van der Waals surface area contributed by atoms with Gasteiger partial charge in [-0.25, -0.2) is 9.97 Å². The smallest absolute Gasteiger partial charge is 0.247 e. The third-order valence-corrected chi connectivity index (χ3v) is 6.79. The molecule has 2 aromatic heterocycles. The Hall–Kier alpha value is -2.14. The zero-order chi connectivity index (χ0) is 24.2. The van der Waals surface area contributed by atoms with Gasteiger partial charge in [0.05, 0.1) is 24.5 Å². The molecule has 0 aliphatic carbocycles. The van der Waals surface area contributed by atoms with E-state index in [0.29, 0.717) is 28.3 Å². The molecule has 1 aliphatic heterocycles. The highest BCUT2D eigenvalue weighted by atomic mass is 35.5. The summed E-state index contributed by atoms with van der Waals surface area (Å²) in [4.78, 5) is 20.4. The van der Waals surface area contributed by atoms with Crippen LogP contribution in [0.3, 0.4) is 0 Å². The molecule has 1 fully saturated rings. The minimum Gasteiger partial charge on any atom is -0.601 e. The van der Waals surface area contributed by atoms with Crippen molar-refractivity contribution in [1.82, 2.24) is 14.5 Å². The standard InChI is InChI=1S/C22H26ClN4O6P/c1-13-19(29)18(33-22(13)27-7-5-16-20(24)25-11-26-21(16)27)10-31-12-34(30)32-8-6-17(28)14-3-2-4-15(23)9-14/h2-5,7,9,11-13,17-19,22,28-29H,6,8,10H2,1H3,(H2,24,25,26)/p+1/t13-,17-,18+,19-,22+/m0/s1. The molecular weight excluding hydrogens is 483 g/mol. The topological polar surface area (TPSA) is 151 Å². The monoisotopic (exact) mass is 509 g/mol. The lowest BCUT2D eigenvalue weighted by Crippen LogP contribution is -2.29. The number of fused-ring (bicyclic) bond motifs is 1. The first kappa shape index (κ1) is 25.0. The molecule has 3 heterocycles. The molecule has 1 aliphatic rings. The van der Waals surface area contributed by atoms with E-state index in [1.807, 2.05) is 17.6 Å². The number of benzene rings is 1. The minimum atomic E-state index is -2.19. The number of aromatic nitrogens is 3. The molecule has 1 aromatic carbocycles. The number of nitrogens with zero attached hydrogens (tertiary/aromatic N) is 3. The summed E-state index contributed by atoms with van der Waals surface area (Å²) in [5, 5.41) is 20.1. The maximum atomic E-state index is 12.1. The molecule has 0 saturated carbocycles. The molecular formula is C22H27ClN4O6P+. The predicted octanol–water partition coefficient (Wildman–Crippen LogP) is 1.88. The number of aliphatic hydroxyl groups excluding tert-OH is 1. The van der Waals surface area contributed by atoms with E-state index in [1.165, 1.54) is 6.33 Å². The molecule has 10 nitrogen and oxygen atoms in total. The van der Waals surface area contributed by atoms with Crippen molar-refractivity contribution < 1.29 is 29.1 Å². The second-order valence-corrected chi connectivity index (χ2v) is 9.56. The van der Waals surface area contributed by atoms with Crippen LogP contribution in [0.5, 0.6) is 0 Å². The zero-order valence-corrected chi connectivity index (χ0v) is 20.1. The van der Waals surface area contributed by atoms with Crippen LogP contribution >= 0.6 is 19.6 Å².